The minimum Gasteiger partial charge on any atom is -0.423 e. The molecule has 8 heteroatoms. The van der Waals surface area contributed by atoms with Crippen molar-refractivity contribution in [3.63, 3.8) is 0 Å². The van der Waals surface area contributed by atoms with E-state index in [1.54, 1.807) is 48.5 Å². The van der Waals surface area contributed by atoms with Gasteiger partial charge >= 0.3 is 5.97 Å². The number of carbonyl (C=O) groups excluding carboxylic acids is 2. The summed E-state index contributed by atoms with van der Waals surface area (Å²) in [5.41, 5.74) is 8.22. The molecule has 0 bridgehead atoms. The number of benzene rings is 2. The summed E-state index contributed by atoms with van der Waals surface area (Å²) in [5, 5.41) is 3.14. The monoisotopic (exact) mass is 428 g/mol. The summed E-state index contributed by atoms with van der Waals surface area (Å²) in [6, 6.07) is 15.5. The molecule has 1 aliphatic carbocycles. The second-order valence-corrected chi connectivity index (χ2v) is 7.77. The number of aromatic nitrogens is 2. The number of rotatable bonds is 3. The lowest BCUT2D eigenvalue weighted by Crippen LogP contribution is -2.32. The Balaban J connectivity index is 1.53. The van der Waals surface area contributed by atoms with Gasteiger partial charge in [-0.05, 0) is 42.7 Å². The van der Waals surface area contributed by atoms with Gasteiger partial charge in [0.15, 0.2) is 5.78 Å². The standard InChI is InChI=1S/C24H20N4O4/c25-24-27-21-20(22(30)28-24)18(19-16(26-21)7-4-8-17(19)29)13-9-11-15(12-10-13)32-23(31)14-5-2-1-3-6-14/h1-3,5-6,9-12,18H,4,7-8H2,(H4,25,26,27,28,30)/t18-/m1/s1. The highest BCUT2D eigenvalue weighted by atomic mass is 16.5. The quantitative estimate of drug-likeness (QED) is 0.432. The highest BCUT2D eigenvalue weighted by molar-refractivity contribution is 6.01. The molecule has 1 aliphatic heterocycles. The van der Waals surface area contributed by atoms with E-state index in [0.717, 1.165) is 17.7 Å². The van der Waals surface area contributed by atoms with Crippen LogP contribution in [-0.4, -0.2) is 21.7 Å². The van der Waals surface area contributed by atoms with Crippen LogP contribution < -0.4 is 21.3 Å². The third-order valence-corrected chi connectivity index (χ3v) is 5.71. The van der Waals surface area contributed by atoms with Crippen molar-refractivity contribution in [2.45, 2.75) is 25.2 Å². The van der Waals surface area contributed by atoms with Crippen LogP contribution in [0.15, 0.2) is 70.7 Å². The summed E-state index contributed by atoms with van der Waals surface area (Å²) in [6.07, 6.45) is 1.86. The van der Waals surface area contributed by atoms with Crippen LogP contribution in [0, 0.1) is 0 Å². The molecule has 5 rings (SSSR count). The number of hydrogen-bond acceptors (Lipinski definition) is 7. The van der Waals surface area contributed by atoms with Crippen LogP contribution in [0.2, 0.25) is 0 Å². The fourth-order valence-electron chi connectivity index (χ4n) is 4.28. The maximum atomic E-state index is 12.8. The summed E-state index contributed by atoms with van der Waals surface area (Å²) >= 11 is 0. The van der Waals surface area contributed by atoms with Gasteiger partial charge in [0, 0.05) is 23.6 Å². The molecule has 0 amide bonds. The smallest absolute Gasteiger partial charge is 0.343 e. The van der Waals surface area contributed by atoms with E-state index in [1.165, 1.54) is 0 Å². The van der Waals surface area contributed by atoms with Crippen molar-refractivity contribution in [3.8, 4) is 5.75 Å². The molecule has 0 radical (unpaired) electrons. The molecule has 1 aromatic heterocycles. The number of aromatic amines is 1. The number of nitrogen functional groups attached to an aromatic ring is 1. The first kappa shape index (κ1) is 19.7. The molecule has 0 spiro atoms. The maximum Gasteiger partial charge on any atom is 0.343 e. The number of ketones is 1. The Labute approximate surface area is 183 Å². The van der Waals surface area contributed by atoms with Crippen LogP contribution in [0.25, 0.3) is 0 Å². The van der Waals surface area contributed by atoms with Crippen molar-refractivity contribution >= 4 is 23.5 Å². The second kappa shape index (κ2) is 7.81. The second-order valence-electron chi connectivity index (χ2n) is 7.77. The number of nitrogens with one attached hydrogen (secondary N) is 2. The van der Waals surface area contributed by atoms with Crippen LogP contribution in [0.5, 0.6) is 5.75 Å². The van der Waals surface area contributed by atoms with Crippen molar-refractivity contribution in [1.82, 2.24) is 9.97 Å². The Bertz CT molecular complexity index is 1310. The number of fused-ring (bicyclic) bond motifs is 1. The molecule has 3 aromatic rings. The Morgan fingerprint density at radius 2 is 1.78 bits per heavy atom. The zero-order chi connectivity index (χ0) is 22.2. The molecular weight excluding hydrogens is 408 g/mol. The van der Waals surface area contributed by atoms with Gasteiger partial charge in [0.25, 0.3) is 5.56 Å². The van der Waals surface area contributed by atoms with Crippen molar-refractivity contribution in [1.29, 1.82) is 0 Å². The number of ether oxygens (including phenoxy) is 1. The molecule has 0 saturated heterocycles. The fraction of sp³-hybridized carbons (Fsp3) is 0.167. The number of Topliss-reactive ketones (excluding diaryl/α,β-unsaturated/α-hetero) is 1. The van der Waals surface area contributed by atoms with Gasteiger partial charge in [0.05, 0.1) is 11.1 Å². The van der Waals surface area contributed by atoms with Gasteiger partial charge in [-0.2, -0.15) is 4.98 Å². The van der Waals surface area contributed by atoms with Gasteiger partial charge in [-0.1, -0.05) is 30.3 Å². The summed E-state index contributed by atoms with van der Waals surface area (Å²) in [4.78, 5) is 44.8. The van der Waals surface area contributed by atoms with E-state index >= 15 is 0 Å². The van der Waals surface area contributed by atoms with E-state index in [0.29, 0.717) is 41.1 Å². The highest BCUT2D eigenvalue weighted by Gasteiger charge is 2.37. The van der Waals surface area contributed by atoms with Crippen LogP contribution in [-0.2, 0) is 4.79 Å². The Morgan fingerprint density at radius 3 is 2.53 bits per heavy atom. The molecule has 0 saturated carbocycles. The Morgan fingerprint density at radius 1 is 1.03 bits per heavy atom. The molecule has 32 heavy (non-hydrogen) atoms. The lowest BCUT2D eigenvalue weighted by molar-refractivity contribution is -0.116. The third kappa shape index (κ3) is 3.45. The minimum absolute atomic E-state index is 0.00482. The molecule has 2 aliphatic rings. The first-order valence-electron chi connectivity index (χ1n) is 10.3. The van der Waals surface area contributed by atoms with E-state index in [9.17, 15) is 14.4 Å². The van der Waals surface area contributed by atoms with Crippen LogP contribution in [0.3, 0.4) is 0 Å². The summed E-state index contributed by atoms with van der Waals surface area (Å²) in [5.74, 6) is -0.298. The summed E-state index contributed by atoms with van der Waals surface area (Å²) in [6.45, 7) is 0. The fourth-order valence-corrected chi connectivity index (χ4v) is 4.28. The molecule has 2 aromatic carbocycles. The van der Waals surface area contributed by atoms with E-state index in [2.05, 4.69) is 15.3 Å². The number of nitrogens with zero attached hydrogens (tertiary/aromatic N) is 1. The highest BCUT2D eigenvalue weighted by Crippen LogP contribution is 2.43. The summed E-state index contributed by atoms with van der Waals surface area (Å²) in [7, 11) is 0. The summed E-state index contributed by atoms with van der Waals surface area (Å²) < 4.78 is 5.45. The Kier molecular flexibility index (Phi) is 4.82. The van der Waals surface area contributed by atoms with Crippen LogP contribution >= 0.6 is 0 Å². The van der Waals surface area contributed by atoms with Gasteiger partial charge in [0.2, 0.25) is 5.95 Å². The average molecular weight is 428 g/mol. The molecular formula is C24H20N4O4. The molecule has 8 nitrogen and oxygen atoms in total. The van der Waals surface area contributed by atoms with E-state index in [4.69, 9.17) is 10.5 Å². The van der Waals surface area contributed by atoms with Crippen LogP contribution in [0.1, 0.15) is 46.7 Å². The van der Waals surface area contributed by atoms with E-state index in [-0.39, 0.29) is 11.7 Å². The molecule has 1 atom stereocenters. The van der Waals surface area contributed by atoms with Gasteiger partial charge in [-0.3, -0.25) is 14.6 Å². The SMILES string of the molecule is Nc1nc2c(c(=O)[nH]1)[C@H](c1ccc(OC(=O)c3ccccc3)cc1)C1=C(CCCC1=O)N2. The first-order valence-corrected chi connectivity index (χ1v) is 10.3. The molecule has 0 fully saturated rings. The molecule has 2 heterocycles. The number of hydrogen-bond donors (Lipinski definition) is 3. The predicted octanol–water partition coefficient (Wildman–Crippen LogP) is 3.14. The van der Waals surface area contributed by atoms with E-state index < -0.39 is 17.4 Å². The zero-order valence-electron chi connectivity index (χ0n) is 17.1. The lowest BCUT2D eigenvalue weighted by atomic mass is 9.76. The minimum atomic E-state index is -0.579. The van der Waals surface area contributed by atoms with Crippen molar-refractivity contribution in [3.05, 3.63) is 92.9 Å². The number of H-pyrrole nitrogens is 1. The van der Waals surface area contributed by atoms with Crippen molar-refractivity contribution in [2.75, 3.05) is 11.1 Å². The molecule has 4 N–H and O–H groups in total. The lowest BCUT2D eigenvalue weighted by Gasteiger charge is -2.32. The van der Waals surface area contributed by atoms with Gasteiger partial charge in [-0.15, -0.1) is 0 Å². The van der Waals surface area contributed by atoms with Gasteiger partial charge < -0.3 is 15.8 Å². The zero-order valence-corrected chi connectivity index (χ0v) is 17.1. The largest absolute Gasteiger partial charge is 0.423 e. The number of anilines is 2. The number of esters is 1. The molecule has 160 valence electrons. The van der Waals surface area contributed by atoms with E-state index in [1.807, 2.05) is 6.07 Å². The normalized spacial score (nSPS) is 17.2. The number of nitrogens with two attached hydrogens (primary N) is 1. The van der Waals surface area contributed by atoms with Crippen molar-refractivity contribution in [2.24, 2.45) is 0 Å². The van der Waals surface area contributed by atoms with Gasteiger partial charge in [-0.25, -0.2) is 4.79 Å². The van der Waals surface area contributed by atoms with Crippen LogP contribution in [0.4, 0.5) is 11.8 Å². The molecule has 0 unspecified atom stereocenters. The number of carbonyl (C=O) groups is 2. The first-order chi connectivity index (χ1) is 15.5. The maximum absolute atomic E-state index is 12.8. The predicted molar refractivity (Wildman–Crippen MR) is 118 cm³/mol. The number of allylic oxidation sites excluding steroid dienone is 2. The topological polar surface area (TPSA) is 127 Å². The Hall–Kier alpha value is -4.20. The van der Waals surface area contributed by atoms with Gasteiger partial charge in [0.1, 0.15) is 11.6 Å². The third-order valence-electron chi connectivity index (χ3n) is 5.71. The average Bonchev–Trinajstić information content (AvgIpc) is 2.79. The van der Waals surface area contributed by atoms with Crippen molar-refractivity contribution < 1.29 is 14.3 Å².